The molecule has 2 heterocycles. The normalized spacial score (nSPS) is 16.2. The number of aliphatic imine (C=N–C) groups is 1. The van der Waals surface area contributed by atoms with E-state index in [-0.39, 0.29) is 21.6 Å². The van der Waals surface area contributed by atoms with Gasteiger partial charge in [-0.1, -0.05) is 34.8 Å². The molecule has 1 saturated heterocycles. The molecule has 1 amide bonds. The second-order valence-electron chi connectivity index (χ2n) is 6.20. The average Bonchev–Trinajstić information content (AvgIpc) is 3.32. The molecule has 0 bridgehead atoms. The number of carbonyl (C=O) groups excluding carboxylic acids is 1. The summed E-state index contributed by atoms with van der Waals surface area (Å²) in [5.74, 6) is 0.509. The Bertz CT molecular complexity index is 1290. The highest BCUT2D eigenvalue weighted by Crippen LogP contribution is 2.35. The van der Waals surface area contributed by atoms with Crippen LogP contribution in [-0.2, 0) is 4.79 Å². The summed E-state index contributed by atoms with van der Waals surface area (Å²) < 4.78 is 5.78. The number of thioether (sulfide) groups is 1. The number of halogens is 3. The quantitative estimate of drug-likeness (QED) is 0.247. The summed E-state index contributed by atoms with van der Waals surface area (Å²) in [5.41, 5.74) is 0.440. The van der Waals surface area contributed by atoms with Crippen molar-refractivity contribution in [1.29, 1.82) is 0 Å². The van der Waals surface area contributed by atoms with Crippen molar-refractivity contribution in [2.75, 3.05) is 0 Å². The van der Waals surface area contributed by atoms with Crippen molar-refractivity contribution in [3.05, 3.63) is 84.4 Å². The number of hydrogen-bond donors (Lipinski definition) is 1. The van der Waals surface area contributed by atoms with Crippen molar-refractivity contribution in [2.45, 2.75) is 0 Å². The first-order valence-electron chi connectivity index (χ1n) is 8.59. The molecular formula is C20H10Cl3N3O4S. The Balaban J connectivity index is 1.60. The number of amides is 1. The van der Waals surface area contributed by atoms with E-state index in [1.807, 2.05) is 0 Å². The zero-order valence-corrected chi connectivity index (χ0v) is 18.3. The highest BCUT2D eigenvalue weighted by Gasteiger charge is 2.26. The fourth-order valence-corrected chi connectivity index (χ4v) is 4.08. The van der Waals surface area contributed by atoms with Crippen molar-refractivity contribution in [3.63, 3.8) is 0 Å². The molecule has 0 spiro atoms. The molecule has 1 aromatic heterocycles. The molecule has 31 heavy (non-hydrogen) atoms. The molecule has 1 N–H and O–H groups in total. The largest absolute Gasteiger partial charge is 0.457 e. The number of rotatable bonds is 4. The monoisotopic (exact) mass is 493 g/mol. The molecule has 0 radical (unpaired) electrons. The molecule has 1 aliphatic rings. The van der Waals surface area contributed by atoms with Crippen LogP contribution in [0, 0.1) is 10.1 Å². The number of nitro benzene ring substituents is 1. The molecule has 11 heteroatoms. The predicted octanol–water partition coefficient (Wildman–Crippen LogP) is 6.71. The number of nitro groups is 1. The molecule has 1 fully saturated rings. The van der Waals surface area contributed by atoms with Crippen LogP contribution in [0.15, 0.2) is 62.8 Å². The van der Waals surface area contributed by atoms with Crippen LogP contribution in [0.1, 0.15) is 5.76 Å². The van der Waals surface area contributed by atoms with E-state index in [0.29, 0.717) is 32.0 Å². The van der Waals surface area contributed by atoms with E-state index < -0.39 is 10.8 Å². The Morgan fingerprint density at radius 3 is 2.58 bits per heavy atom. The number of nitrogens with one attached hydrogen (secondary N) is 1. The summed E-state index contributed by atoms with van der Waals surface area (Å²) >= 11 is 19.1. The van der Waals surface area contributed by atoms with Crippen molar-refractivity contribution < 1.29 is 14.1 Å². The Morgan fingerprint density at radius 1 is 1.06 bits per heavy atom. The molecule has 1 aliphatic heterocycles. The topological polar surface area (TPSA) is 97.7 Å². The summed E-state index contributed by atoms with van der Waals surface area (Å²) in [5, 5.41) is 15.2. The highest BCUT2D eigenvalue weighted by molar-refractivity contribution is 8.18. The molecule has 7 nitrogen and oxygen atoms in total. The number of furan rings is 1. The summed E-state index contributed by atoms with van der Waals surface area (Å²) in [4.78, 5) is 27.4. The maximum atomic E-state index is 12.3. The lowest BCUT2D eigenvalue weighted by atomic mass is 10.2. The van der Waals surface area contributed by atoms with Gasteiger partial charge < -0.3 is 9.73 Å². The van der Waals surface area contributed by atoms with Crippen LogP contribution in [0.5, 0.6) is 0 Å². The highest BCUT2D eigenvalue weighted by atomic mass is 35.5. The van der Waals surface area contributed by atoms with Crippen molar-refractivity contribution in [2.24, 2.45) is 4.99 Å². The molecule has 156 valence electrons. The van der Waals surface area contributed by atoms with Gasteiger partial charge in [0.25, 0.3) is 11.6 Å². The van der Waals surface area contributed by atoms with Crippen LogP contribution < -0.4 is 5.32 Å². The lowest BCUT2D eigenvalue weighted by Crippen LogP contribution is -2.19. The van der Waals surface area contributed by atoms with Crippen molar-refractivity contribution in [1.82, 2.24) is 5.32 Å². The van der Waals surface area contributed by atoms with Gasteiger partial charge in [0.15, 0.2) is 5.17 Å². The number of nitrogens with zero attached hydrogens (tertiary/aromatic N) is 2. The number of hydrogen-bond acceptors (Lipinski definition) is 6. The van der Waals surface area contributed by atoms with Gasteiger partial charge >= 0.3 is 0 Å². The SMILES string of the molecule is O=C1NC(=Nc2ccc(Cl)cc2[N+](=O)[O-])S/C1=C/c1ccc(-c2cc(Cl)ccc2Cl)o1. The van der Waals surface area contributed by atoms with Gasteiger partial charge in [0.2, 0.25) is 0 Å². The smallest absolute Gasteiger partial charge is 0.296 e. The van der Waals surface area contributed by atoms with Crippen molar-refractivity contribution in [3.8, 4) is 11.3 Å². The fourth-order valence-electron chi connectivity index (χ4n) is 2.72. The maximum Gasteiger partial charge on any atom is 0.296 e. The Labute approximate surface area is 194 Å². The molecular weight excluding hydrogens is 485 g/mol. The van der Waals surface area contributed by atoms with Crippen LogP contribution in [0.4, 0.5) is 11.4 Å². The van der Waals surface area contributed by atoms with E-state index in [4.69, 9.17) is 39.2 Å². The van der Waals surface area contributed by atoms with E-state index in [9.17, 15) is 14.9 Å². The lowest BCUT2D eigenvalue weighted by molar-refractivity contribution is -0.384. The van der Waals surface area contributed by atoms with Crippen LogP contribution in [-0.4, -0.2) is 16.0 Å². The zero-order chi connectivity index (χ0) is 22.1. The van der Waals surface area contributed by atoms with Crippen LogP contribution in [0.25, 0.3) is 17.4 Å². The number of amidine groups is 1. The van der Waals surface area contributed by atoms with Gasteiger partial charge in [-0.25, -0.2) is 4.99 Å². The molecule has 3 aromatic rings. The average molecular weight is 495 g/mol. The molecule has 2 aromatic carbocycles. The van der Waals surface area contributed by atoms with Gasteiger partial charge in [-0.05, 0) is 54.2 Å². The fraction of sp³-hybridized carbons (Fsp3) is 0. The second-order valence-corrected chi connectivity index (χ2v) is 8.51. The first-order chi connectivity index (χ1) is 14.8. The van der Waals surface area contributed by atoms with E-state index in [1.54, 1.807) is 36.4 Å². The standard InChI is InChI=1S/C20H10Cl3N3O4S/c21-10-1-4-14(23)13(7-10)17-6-3-12(30-17)9-18-19(27)25-20(31-18)24-15-5-2-11(22)8-16(15)26(28)29/h1-9H,(H,24,25,27)/b18-9+. The molecule has 0 atom stereocenters. The second kappa shape index (κ2) is 8.76. The van der Waals surface area contributed by atoms with Gasteiger partial charge in [0.05, 0.1) is 14.9 Å². The van der Waals surface area contributed by atoms with Gasteiger partial charge in [-0.15, -0.1) is 0 Å². The van der Waals surface area contributed by atoms with E-state index in [0.717, 1.165) is 11.8 Å². The molecule has 0 saturated carbocycles. The third-order valence-corrected chi connectivity index (χ3v) is 5.81. The van der Waals surface area contributed by atoms with E-state index >= 15 is 0 Å². The summed E-state index contributed by atoms with van der Waals surface area (Å²) in [6, 6.07) is 12.5. The van der Waals surface area contributed by atoms with Crippen LogP contribution in [0.2, 0.25) is 15.1 Å². The van der Waals surface area contributed by atoms with Crippen LogP contribution >= 0.6 is 46.6 Å². The van der Waals surface area contributed by atoms with Gasteiger partial charge in [0.1, 0.15) is 17.2 Å². The number of carbonyl (C=O) groups is 1. The summed E-state index contributed by atoms with van der Waals surface area (Å²) in [6.45, 7) is 0. The zero-order valence-electron chi connectivity index (χ0n) is 15.3. The minimum absolute atomic E-state index is 0.0781. The van der Waals surface area contributed by atoms with Crippen LogP contribution in [0.3, 0.4) is 0 Å². The van der Waals surface area contributed by atoms with E-state index in [1.165, 1.54) is 18.2 Å². The van der Waals surface area contributed by atoms with Crippen molar-refractivity contribution >= 4 is 75.1 Å². The lowest BCUT2D eigenvalue weighted by Gasteiger charge is -2.01. The third kappa shape index (κ3) is 4.77. The first-order valence-corrected chi connectivity index (χ1v) is 10.5. The third-order valence-electron chi connectivity index (χ3n) is 4.10. The van der Waals surface area contributed by atoms with Gasteiger partial charge in [-0.3, -0.25) is 14.9 Å². The Kier molecular flexibility index (Phi) is 6.06. The first kappa shape index (κ1) is 21.5. The Hall–Kier alpha value is -2.78. The molecule has 0 aliphatic carbocycles. The predicted molar refractivity (Wildman–Crippen MR) is 123 cm³/mol. The number of benzene rings is 2. The van der Waals surface area contributed by atoms with Gasteiger partial charge in [-0.2, -0.15) is 0 Å². The summed E-state index contributed by atoms with van der Waals surface area (Å²) in [7, 11) is 0. The van der Waals surface area contributed by atoms with Gasteiger partial charge in [0, 0.05) is 27.8 Å². The minimum atomic E-state index is -0.588. The summed E-state index contributed by atoms with van der Waals surface area (Å²) in [6.07, 6.45) is 1.54. The molecule has 0 unspecified atom stereocenters. The Morgan fingerprint density at radius 2 is 1.81 bits per heavy atom. The maximum absolute atomic E-state index is 12.3. The minimum Gasteiger partial charge on any atom is -0.457 e. The van der Waals surface area contributed by atoms with E-state index in [2.05, 4.69) is 10.3 Å². The molecule has 4 rings (SSSR count).